The van der Waals surface area contributed by atoms with Gasteiger partial charge in [0.15, 0.2) is 0 Å². The van der Waals surface area contributed by atoms with E-state index in [0.29, 0.717) is 38.2 Å². The molecule has 0 aliphatic carbocycles. The first-order chi connectivity index (χ1) is 16.3. The lowest BCUT2D eigenvalue weighted by Gasteiger charge is -2.15. The Hall–Kier alpha value is -3.52. The molecule has 0 bridgehead atoms. The minimum absolute atomic E-state index is 0.152. The molecule has 0 spiro atoms. The Labute approximate surface area is 206 Å². The summed E-state index contributed by atoms with van der Waals surface area (Å²) in [4.78, 5) is 25.3. The monoisotopic (exact) mass is 492 g/mol. The Morgan fingerprint density at radius 3 is 2.35 bits per heavy atom. The van der Waals surface area contributed by atoms with E-state index in [1.54, 1.807) is 54.5 Å². The molecule has 1 aromatic carbocycles. The number of halogens is 2. The van der Waals surface area contributed by atoms with Crippen molar-refractivity contribution < 1.29 is 0 Å². The standard InChI is InChI=1S/C21H16Cl2N4O.C4H6N2/c1-27-17-10-9-16(20(24)12-5-7-13(22)8-6-12)26-21(17)14(11-19(27)28)15-3-2-4-18(23)25-15;1-6-3-2-5-4-6/h2-11,20H,24H2,1H3;2-4H,1H3. The molecule has 0 fully saturated rings. The van der Waals surface area contributed by atoms with Gasteiger partial charge in [-0.2, -0.15) is 0 Å². The second-order valence-electron chi connectivity index (χ2n) is 7.66. The van der Waals surface area contributed by atoms with Crippen molar-refractivity contribution in [3.63, 3.8) is 0 Å². The van der Waals surface area contributed by atoms with Crippen LogP contribution in [0.2, 0.25) is 10.2 Å². The summed E-state index contributed by atoms with van der Waals surface area (Å²) in [5.41, 5.74) is 10.4. The Morgan fingerprint density at radius 1 is 0.971 bits per heavy atom. The molecule has 1 unspecified atom stereocenters. The molecular formula is C25H22Cl2N6O. The Kier molecular flexibility index (Phi) is 7.07. The molecular weight excluding hydrogens is 471 g/mol. The van der Waals surface area contributed by atoms with Gasteiger partial charge in [-0.05, 0) is 42.0 Å². The van der Waals surface area contributed by atoms with Crippen molar-refractivity contribution in [1.29, 1.82) is 0 Å². The second kappa shape index (κ2) is 10.2. The number of pyridine rings is 3. The highest BCUT2D eigenvalue weighted by molar-refractivity contribution is 6.30. The van der Waals surface area contributed by atoms with Gasteiger partial charge >= 0.3 is 0 Å². The summed E-state index contributed by atoms with van der Waals surface area (Å²) in [5, 5.41) is 0.993. The molecule has 4 heterocycles. The van der Waals surface area contributed by atoms with E-state index in [4.69, 9.17) is 33.9 Å². The van der Waals surface area contributed by atoms with Gasteiger partial charge in [0, 0.05) is 43.1 Å². The van der Waals surface area contributed by atoms with Crippen molar-refractivity contribution in [2.24, 2.45) is 19.8 Å². The maximum Gasteiger partial charge on any atom is 0.251 e. The van der Waals surface area contributed by atoms with Crippen LogP contribution in [0.25, 0.3) is 22.3 Å². The van der Waals surface area contributed by atoms with Crippen molar-refractivity contribution in [3.05, 3.63) is 111 Å². The third kappa shape index (κ3) is 5.17. The number of hydrogen-bond acceptors (Lipinski definition) is 5. The van der Waals surface area contributed by atoms with E-state index in [-0.39, 0.29) is 5.56 Å². The fourth-order valence-electron chi connectivity index (χ4n) is 3.44. The van der Waals surface area contributed by atoms with Crippen LogP contribution in [-0.4, -0.2) is 24.1 Å². The lowest BCUT2D eigenvalue weighted by atomic mass is 10.0. The maximum atomic E-state index is 12.4. The minimum atomic E-state index is -0.431. The number of nitrogens with two attached hydrogens (primary N) is 1. The number of hydrogen-bond donors (Lipinski definition) is 1. The molecule has 4 aromatic heterocycles. The quantitative estimate of drug-likeness (QED) is 0.366. The van der Waals surface area contributed by atoms with Crippen LogP contribution < -0.4 is 11.3 Å². The summed E-state index contributed by atoms with van der Waals surface area (Å²) in [5.74, 6) is 0. The Morgan fingerprint density at radius 2 is 1.74 bits per heavy atom. The highest BCUT2D eigenvalue weighted by atomic mass is 35.5. The van der Waals surface area contributed by atoms with Gasteiger partial charge in [0.1, 0.15) is 5.15 Å². The van der Waals surface area contributed by atoms with Crippen LogP contribution in [0.15, 0.2) is 84.2 Å². The zero-order chi connectivity index (χ0) is 24.2. The van der Waals surface area contributed by atoms with E-state index in [1.165, 1.54) is 6.07 Å². The summed E-state index contributed by atoms with van der Waals surface area (Å²) < 4.78 is 3.44. The van der Waals surface area contributed by atoms with E-state index >= 15 is 0 Å². The summed E-state index contributed by atoms with van der Waals surface area (Å²) >= 11 is 12.0. The van der Waals surface area contributed by atoms with Gasteiger partial charge in [-0.3, -0.25) is 4.79 Å². The van der Waals surface area contributed by atoms with Crippen LogP contribution in [-0.2, 0) is 14.1 Å². The third-order valence-corrected chi connectivity index (χ3v) is 5.75. The molecule has 0 saturated carbocycles. The Balaban J connectivity index is 0.000000398. The topological polar surface area (TPSA) is 91.6 Å². The van der Waals surface area contributed by atoms with Gasteiger partial charge in [0.2, 0.25) is 0 Å². The molecule has 172 valence electrons. The van der Waals surface area contributed by atoms with Crippen LogP contribution >= 0.6 is 23.2 Å². The lowest BCUT2D eigenvalue weighted by molar-refractivity contribution is 0.831. The van der Waals surface area contributed by atoms with Crippen molar-refractivity contribution in [3.8, 4) is 11.3 Å². The maximum absolute atomic E-state index is 12.4. The highest BCUT2D eigenvalue weighted by Crippen LogP contribution is 2.28. The van der Waals surface area contributed by atoms with Gasteiger partial charge < -0.3 is 14.9 Å². The number of benzene rings is 1. The molecule has 0 aliphatic rings. The SMILES string of the molecule is Cn1c(=O)cc(-c2cccc(Cl)n2)c2nc(C(N)c3ccc(Cl)cc3)ccc21.Cn1ccnc1. The van der Waals surface area contributed by atoms with E-state index < -0.39 is 6.04 Å². The average molecular weight is 493 g/mol. The summed E-state index contributed by atoms with van der Waals surface area (Å²) in [6.07, 6.45) is 5.39. The number of nitrogens with zero attached hydrogens (tertiary/aromatic N) is 5. The smallest absolute Gasteiger partial charge is 0.251 e. The zero-order valence-electron chi connectivity index (χ0n) is 18.6. The molecule has 0 amide bonds. The van der Waals surface area contributed by atoms with Crippen LogP contribution in [0.5, 0.6) is 0 Å². The lowest BCUT2D eigenvalue weighted by Crippen LogP contribution is -2.18. The molecule has 5 aromatic rings. The van der Waals surface area contributed by atoms with Crippen molar-refractivity contribution in [2.45, 2.75) is 6.04 Å². The molecule has 5 rings (SSSR count). The van der Waals surface area contributed by atoms with E-state index in [0.717, 1.165) is 5.56 Å². The van der Waals surface area contributed by atoms with Gasteiger partial charge in [-0.25, -0.2) is 15.0 Å². The number of fused-ring (bicyclic) bond motifs is 1. The summed E-state index contributed by atoms with van der Waals surface area (Å²) in [6, 6.07) is 17.4. The molecule has 34 heavy (non-hydrogen) atoms. The van der Waals surface area contributed by atoms with Crippen LogP contribution in [0.1, 0.15) is 17.3 Å². The van der Waals surface area contributed by atoms with Crippen molar-refractivity contribution in [1.82, 2.24) is 24.1 Å². The first kappa shape index (κ1) is 23.6. The minimum Gasteiger partial charge on any atom is -0.341 e. The first-order valence-electron chi connectivity index (χ1n) is 10.4. The number of imidazole rings is 1. The largest absolute Gasteiger partial charge is 0.341 e. The predicted molar refractivity (Wildman–Crippen MR) is 136 cm³/mol. The molecule has 1 atom stereocenters. The molecule has 0 aliphatic heterocycles. The van der Waals surface area contributed by atoms with E-state index in [2.05, 4.69) is 9.97 Å². The van der Waals surface area contributed by atoms with E-state index in [1.807, 2.05) is 42.1 Å². The van der Waals surface area contributed by atoms with Crippen LogP contribution in [0.4, 0.5) is 0 Å². The molecule has 7 nitrogen and oxygen atoms in total. The number of rotatable bonds is 3. The first-order valence-corrected chi connectivity index (χ1v) is 11.2. The molecule has 2 N–H and O–H groups in total. The summed E-state index contributed by atoms with van der Waals surface area (Å²) in [7, 11) is 3.65. The van der Waals surface area contributed by atoms with Crippen LogP contribution in [0.3, 0.4) is 0 Å². The van der Waals surface area contributed by atoms with Gasteiger partial charge in [-0.1, -0.05) is 41.4 Å². The summed E-state index contributed by atoms with van der Waals surface area (Å²) in [6.45, 7) is 0. The molecule has 9 heteroatoms. The number of aromatic nitrogens is 5. The van der Waals surface area contributed by atoms with Crippen molar-refractivity contribution >= 4 is 34.2 Å². The second-order valence-corrected chi connectivity index (χ2v) is 8.49. The highest BCUT2D eigenvalue weighted by Gasteiger charge is 2.16. The average Bonchev–Trinajstić information content (AvgIpc) is 3.32. The number of aryl methyl sites for hydroxylation is 2. The predicted octanol–water partition coefficient (Wildman–Crippen LogP) is 4.77. The molecule has 0 saturated heterocycles. The fourth-order valence-corrected chi connectivity index (χ4v) is 3.73. The zero-order valence-corrected chi connectivity index (χ0v) is 20.1. The van der Waals surface area contributed by atoms with Crippen LogP contribution in [0, 0.1) is 0 Å². The van der Waals surface area contributed by atoms with Crippen molar-refractivity contribution in [2.75, 3.05) is 0 Å². The van der Waals surface area contributed by atoms with Gasteiger partial charge in [0.25, 0.3) is 5.56 Å². The van der Waals surface area contributed by atoms with Gasteiger partial charge in [0.05, 0.1) is 34.8 Å². The fraction of sp³-hybridized carbons (Fsp3) is 0.120. The molecule has 0 radical (unpaired) electrons. The third-order valence-electron chi connectivity index (χ3n) is 5.29. The Bertz CT molecular complexity index is 1480. The normalized spacial score (nSPS) is 11.7. The van der Waals surface area contributed by atoms with E-state index in [9.17, 15) is 4.79 Å². The van der Waals surface area contributed by atoms with Gasteiger partial charge in [-0.15, -0.1) is 0 Å².